The molecule has 0 unspecified atom stereocenters. The number of halogens is 1. The fourth-order valence-electron chi connectivity index (χ4n) is 2.59. The van der Waals surface area contributed by atoms with Crippen LogP contribution in [-0.2, 0) is 6.54 Å². The van der Waals surface area contributed by atoms with Gasteiger partial charge in [-0.2, -0.15) is 0 Å². The molecule has 0 heterocycles. The molecule has 0 bridgehead atoms. The first kappa shape index (κ1) is 12.1. The van der Waals surface area contributed by atoms with E-state index in [0.717, 1.165) is 17.9 Å². The lowest BCUT2D eigenvalue weighted by atomic mass is 10.1. The van der Waals surface area contributed by atoms with E-state index in [1.165, 1.54) is 37.8 Å². The van der Waals surface area contributed by atoms with Crippen molar-refractivity contribution in [1.29, 1.82) is 0 Å². The molecule has 1 fully saturated rings. The van der Waals surface area contributed by atoms with Gasteiger partial charge in [0.15, 0.2) is 0 Å². The minimum atomic E-state index is 0.817. The van der Waals surface area contributed by atoms with Crippen LogP contribution in [0.2, 0.25) is 0 Å². The van der Waals surface area contributed by atoms with Gasteiger partial charge in [-0.25, -0.2) is 0 Å². The standard InChI is InChI=1S/C14H20BrN/c15-10-11-16(14-8-4-5-9-14)12-13-6-2-1-3-7-13/h1-3,6-7,14H,4-5,8-12H2. The summed E-state index contributed by atoms with van der Waals surface area (Å²) >= 11 is 3.57. The van der Waals surface area contributed by atoms with Gasteiger partial charge in [0.2, 0.25) is 0 Å². The molecule has 0 aromatic heterocycles. The van der Waals surface area contributed by atoms with Gasteiger partial charge in [-0.15, -0.1) is 0 Å². The molecule has 0 aliphatic heterocycles. The first-order valence-electron chi connectivity index (χ1n) is 6.24. The molecule has 2 heteroatoms. The van der Waals surface area contributed by atoms with E-state index >= 15 is 0 Å². The number of hydrogen-bond donors (Lipinski definition) is 0. The Morgan fingerprint density at radius 3 is 2.44 bits per heavy atom. The number of benzene rings is 1. The second-order valence-corrected chi connectivity index (χ2v) is 5.38. The van der Waals surface area contributed by atoms with E-state index in [-0.39, 0.29) is 0 Å². The van der Waals surface area contributed by atoms with Crippen LogP contribution in [0.1, 0.15) is 31.2 Å². The molecule has 0 saturated heterocycles. The second kappa shape index (κ2) is 6.41. The summed E-state index contributed by atoms with van der Waals surface area (Å²) in [7, 11) is 0. The molecular formula is C14H20BrN. The van der Waals surface area contributed by atoms with E-state index in [4.69, 9.17) is 0 Å². The summed E-state index contributed by atoms with van der Waals surface area (Å²) in [6.07, 6.45) is 5.61. The maximum Gasteiger partial charge on any atom is 0.0237 e. The molecule has 0 spiro atoms. The van der Waals surface area contributed by atoms with Gasteiger partial charge < -0.3 is 0 Å². The number of alkyl halides is 1. The number of nitrogens with zero attached hydrogens (tertiary/aromatic N) is 1. The monoisotopic (exact) mass is 281 g/mol. The van der Waals surface area contributed by atoms with Crippen LogP contribution in [0.3, 0.4) is 0 Å². The molecule has 88 valence electrons. The highest BCUT2D eigenvalue weighted by Gasteiger charge is 2.21. The molecular weight excluding hydrogens is 262 g/mol. The summed E-state index contributed by atoms with van der Waals surface area (Å²) in [5, 5.41) is 1.08. The van der Waals surface area contributed by atoms with Crippen molar-refractivity contribution in [2.45, 2.75) is 38.3 Å². The van der Waals surface area contributed by atoms with Gasteiger partial charge in [-0.05, 0) is 18.4 Å². The summed E-state index contributed by atoms with van der Waals surface area (Å²) in [5.74, 6) is 0. The molecule has 1 aliphatic carbocycles. The van der Waals surface area contributed by atoms with Gasteiger partial charge in [0.05, 0.1) is 0 Å². The highest BCUT2D eigenvalue weighted by Crippen LogP contribution is 2.24. The zero-order chi connectivity index (χ0) is 11.2. The van der Waals surface area contributed by atoms with Gasteiger partial charge in [-0.3, -0.25) is 4.90 Å². The van der Waals surface area contributed by atoms with Crippen molar-refractivity contribution in [2.75, 3.05) is 11.9 Å². The maximum atomic E-state index is 3.57. The average Bonchev–Trinajstić information content (AvgIpc) is 2.83. The Labute approximate surface area is 107 Å². The zero-order valence-electron chi connectivity index (χ0n) is 9.74. The van der Waals surface area contributed by atoms with E-state index in [0.29, 0.717) is 0 Å². The van der Waals surface area contributed by atoms with Gasteiger partial charge in [-0.1, -0.05) is 59.1 Å². The quantitative estimate of drug-likeness (QED) is 0.742. The SMILES string of the molecule is BrCCN(Cc1ccccc1)C1CCCC1. The van der Waals surface area contributed by atoms with Crippen LogP contribution >= 0.6 is 15.9 Å². The van der Waals surface area contributed by atoms with E-state index in [1.54, 1.807) is 0 Å². The highest BCUT2D eigenvalue weighted by atomic mass is 79.9. The van der Waals surface area contributed by atoms with Crippen molar-refractivity contribution in [3.8, 4) is 0 Å². The van der Waals surface area contributed by atoms with Crippen LogP contribution in [-0.4, -0.2) is 22.8 Å². The summed E-state index contributed by atoms with van der Waals surface area (Å²) in [6, 6.07) is 11.6. The summed E-state index contributed by atoms with van der Waals surface area (Å²) in [4.78, 5) is 2.64. The molecule has 0 atom stereocenters. The van der Waals surface area contributed by atoms with Crippen LogP contribution < -0.4 is 0 Å². The lowest BCUT2D eigenvalue weighted by Crippen LogP contribution is -2.34. The summed E-state index contributed by atoms with van der Waals surface area (Å²) < 4.78 is 0. The van der Waals surface area contributed by atoms with Crippen LogP contribution in [0.25, 0.3) is 0 Å². The number of hydrogen-bond acceptors (Lipinski definition) is 1. The van der Waals surface area contributed by atoms with Crippen LogP contribution in [0.4, 0.5) is 0 Å². The summed E-state index contributed by atoms with van der Waals surface area (Å²) in [6.45, 7) is 2.27. The van der Waals surface area contributed by atoms with E-state index in [9.17, 15) is 0 Å². The van der Waals surface area contributed by atoms with Crippen molar-refractivity contribution in [3.63, 3.8) is 0 Å². The number of rotatable bonds is 5. The molecule has 1 aromatic rings. The third kappa shape index (κ3) is 3.33. The van der Waals surface area contributed by atoms with Crippen LogP contribution in [0, 0.1) is 0 Å². The van der Waals surface area contributed by atoms with Gasteiger partial charge >= 0.3 is 0 Å². The minimum absolute atomic E-state index is 0.817. The first-order valence-corrected chi connectivity index (χ1v) is 7.36. The predicted octanol–water partition coefficient (Wildman–Crippen LogP) is 3.83. The Morgan fingerprint density at radius 1 is 1.12 bits per heavy atom. The van der Waals surface area contributed by atoms with E-state index in [2.05, 4.69) is 51.2 Å². The van der Waals surface area contributed by atoms with Crippen LogP contribution in [0.15, 0.2) is 30.3 Å². The lowest BCUT2D eigenvalue weighted by Gasteiger charge is -2.28. The van der Waals surface area contributed by atoms with E-state index < -0.39 is 0 Å². The third-order valence-corrected chi connectivity index (χ3v) is 3.80. The Hall–Kier alpha value is -0.340. The summed E-state index contributed by atoms with van der Waals surface area (Å²) in [5.41, 5.74) is 1.44. The molecule has 2 rings (SSSR count). The molecule has 16 heavy (non-hydrogen) atoms. The molecule has 0 N–H and O–H groups in total. The lowest BCUT2D eigenvalue weighted by molar-refractivity contribution is 0.202. The molecule has 1 aromatic carbocycles. The zero-order valence-corrected chi connectivity index (χ0v) is 11.3. The Morgan fingerprint density at radius 2 is 1.81 bits per heavy atom. The van der Waals surface area contributed by atoms with Gasteiger partial charge in [0, 0.05) is 24.5 Å². The van der Waals surface area contributed by atoms with Crippen molar-refractivity contribution >= 4 is 15.9 Å². The van der Waals surface area contributed by atoms with Crippen molar-refractivity contribution in [1.82, 2.24) is 4.90 Å². The molecule has 0 radical (unpaired) electrons. The average molecular weight is 282 g/mol. The third-order valence-electron chi connectivity index (χ3n) is 3.44. The van der Waals surface area contributed by atoms with Crippen molar-refractivity contribution in [2.24, 2.45) is 0 Å². The fraction of sp³-hybridized carbons (Fsp3) is 0.571. The van der Waals surface area contributed by atoms with Crippen molar-refractivity contribution in [3.05, 3.63) is 35.9 Å². The molecule has 1 aliphatic rings. The van der Waals surface area contributed by atoms with Crippen LogP contribution in [0.5, 0.6) is 0 Å². The minimum Gasteiger partial charge on any atom is -0.295 e. The Kier molecular flexibility index (Phi) is 4.86. The topological polar surface area (TPSA) is 3.24 Å². The normalized spacial score (nSPS) is 17.1. The largest absolute Gasteiger partial charge is 0.295 e. The molecule has 0 amide bonds. The molecule has 1 nitrogen and oxygen atoms in total. The van der Waals surface area contributed by atoms with Crippen molar-refractivity contribution < 1.29 is 0 Å². The molecule has 1 saturated carbocycles. The smallest absolute Gasteiger partial charge is 0.0237 e. The van der Waals surface area contributed by atoms with Gasteiger partial charge in [0.1, 0.15) is 0 Å². The van der Waals surface area contributed by atoms with Gasteiger partial charge in [0.25, 0.3) is 0 Å². The Bertz CT molecular complexity index is 293. The Balaban J connectivity index is 1.96. The van der Waals surface area contributed by atoms with E-state index in [1.807, 2.05) is 0 Å². The fourth-order valence-corrected chi connectivity index (χ4v) is 3.04. The predicted molar refractivity (Wildman–Crippen MR) is 72.9 cm³/mol. The first-order chi connectivity index (χ1) is 7.90. The second-order valence-electron chi connectivity index (χ2n) is 4.58. The highest BCUT2D eigenvalue weighted by molar-refractivity contribution is 9.09. The maximum absolute atomic E-state index is 3.57.